The van der Waals surface area contributed by atoms with Crippen LogP contribution in [0.25, 0.3) is 0 Å². The third-order valence-electron chi connectivity index (χ3n) is 4.11. The number of hydrogen-bond acceptors (Lipinski definition) is 5. The molecule has 1 aromatic rings. The van der Waals surface area contributed by atoms with Gasteiger partial charge < -0.3 is 25.4 Å². The van der Waals surface area contributed by atoms with Gasteiger partial charge in [0.1, 0.15) is 5.75 Å². The molecule has 1 aromatic carbocycles. The molecule has 7 nitrogen and oxygen atoms in total. The number of anilines is 1. The Balaban J connectivity index is 1.60. The maximum absolute atomic E-state index is 12.0. The van der Waals surface area contributed by atoms with Crippen molar-refractivity contribution in [2.24, 2.45) is 0 Å². The van der Waals surface area contributed by atoms with Crippen LogP contribution in [0, 0.1) is 0 Å². The van der Waals surface area contributed by atoms with Crippen LogP contribution in [0.5, 0.6) is 5.75 Å². The lowest BCUT2D eigenvalue weighted by Gasteiger charge is -2.31. The molecule has 2 amide bonds. The van der Waals surface area contributed by atoms with Gasteiger partial charge in [0, 0.05) is 25.6 Å². The van der Waals surface area contributed by atoms with Crippen molar-refractivity contribution < 1.29 is 19.1 Å². The van der Waals surface area contributed by atoms with Crippen LogP contribution >= 0.6 is 0 Å². The molecule has 1 heterocycles. The van der Waals surface area contributed by atoms with Crippen molar-refractivity contribution in [1.82, 2.24) is 10.2 Å². The molecule has 7 heteroatoms. The third kappa shape index (κ3) is 6.17. The molecular weight excluding hydrogens is 322 g/mol. The summed E-state index contributed by atoms with van der Waals surface area (Å²) >= 11 is 0. The van der Waals surface area contributed by atoms with Crippen LogP contribution in [0.3, 0.4) is 0 Å². The SMILES string of the molecule is CCOC(=O)N1CCC(NC(=O)CCCOc2ccccc2N)CC1. The first-order valence-electron chi connectivity index (χ1n) is 8.78. The van der Waals surface area contributed by atoms with Crippen molar-refractivity contribution in [3.63, 3.8) is 0 Å². The predicted octanol–water partition coefficient (Wildman–Crippen LogP) is 2.16. The molecule has 1 aliphatic rings. The van der Waals surface area contributed by atoms with Crippen molar-refractivity contribution in [2.45, 2.75) is 38.6 Å². The number of nitrogens with one attached hydrogen (secondary N) is 1. The number of likely N-dealkylation sites (tertiary alicyclic amines) is 1. The molecule has 0 bridgehead atoms. The molecule has 3 N–H and O–H groups in total. The Bertz CT molecular complexity index is 571. The first-order chi connectivity index (χ1) is 12.1. The predicted molar refractivity (Wildman–Crippen MR) is 95.3 cm³/mol. The first kappa shape index (κ1) is 18.9. The highest BCUT2D eigenvalue weighted by Gasteiger charge is 2.24. The van der Waals surface area contributed by atoms with Gasteiger partial charge in [-0.15, -0.1) is 0 Å². The largest absolute Gasteiger partial charge is 0.491 e. The highest BCUT2D eigenvalue weighted by Crippen LogP contribution is 2.19. The second-order valence-corrected chi connectivity index (χ2v) is 6.02. The van der Waals surface area contributed by atoms with Gasteiger partial charge in [-0.2, -0.15) is 0 Å². The Kier molecular flexibility index (Phi) is 7.37. The van der Waals surface area contributed by atoms with Crippen LogP contribution in [0.4, 0.5) is 10.5 Å². The number of nitrogen functional groups attached to an aromatic ring is 1. The number of amides is 2. The van der Waals surface area contributed by atoms with Crippen LogP contribution in [0.2, 0.25) is 0 Å². The molecule has 0 aliphatic carbocycles. The smallest absolute Gasteiger partial charge is 0.409 e. The summed E-state index contributed by atoms with van der Waals surface area (Å²) in [4.78, 5) is 25.3. The monoisotopic (exact) mass is 349 g/mol. The van der Waals surface area contributed by atoms with E-state index < -0.39 is 0 Å². The van der Waals surface area contributed by atoms with E-state index in [1.165, 1.54) is 0 Å². The van der Waals surface area contributed by atoms with E-state index in [-0.39, 0.29) is 18.0 Å². The first-order valence-corrected chi connectivity index (χ1v) is 8.78. The lowest BCUT2D eigenvalue weighted by atomic mass is 10.1. The fourth-order valence-electron chi connectivity index (χ4n) is 2.75. The fourth-order valence-corrected chi connectivity index (χ4v) is 2.75. The van der Waals surface area contributed by atoms with Crippen LogP contribution in [-0.2, 0) is 9.53 Å². The highest BCUT2D eigenvalue weighted by molar-refractivity contribution is 5.76. The number of nitrogens with two attached hydrogens (primary N) is 1. The zero-order valence-corrected chi connectivity index (χ0v) is 14.7. The summed E-state index contributed by atoms with van der Waals surface area (Å²) in [5, 5.41) is 3.02. The molecule has 1 saturated heterocycles. The number of nitrogens with zero attached hydrogens (tertiary/aromatic N) is 1. The van der Waals surface area contributed by atoms with E-state index in [0.29, 0.717) is 50.6 Å². The van der Waals surface area contributed by atoms with Gasteiger partial charge in [0.05, 0.1) is 18.9 Å². The molecule has 0 atom stereocenters. The Morgan fingerprint density at radius 1 is 1.28 bits per heavy atom. The topological polar surface area (TPSA) is 93.9 Å². The van der Waals surface area contributed by atoms with E-state index in [1.54, 1.807) is 17.9 Å². The quantitative estimate of drug-likeness (QED) is 0.581. The molecule has 0 saturated carbocycles. The number of carbonyl (C=O) groups is 2. The third-order valence-corrected chi connectivity index (χ3v) is 4.11. The van der Waals surface area contributed by atoms with Crippen molar-refractivity contribution in [3.05, 3.63) is 24.3 Å². The number of ether oxygens (including phenoxy) is 2. The molecule has 0 radical (unpaired) electrons. The molecule has 0 unspecified atom stereocenters. The van der Waals surface area contributed by atoms with Gasteiger partial charge in [0.25, 0.3) is 0 Å². The molecular formula is C18H27N3O4. The molecule has 1 fully saturated rings. The van der Waals surface area contributed by atoms with Crippen molar-refractivity contribution in [3.8, 4) is 5.75 Å². The number of benzene rings is 1. The number of piperidine rings is 1. The number of para-hydroxylation sites is 2. The van der Waals surface area contributed by atoms with Crippen LogP contribution in [0.1, 0.15) is 32.6 Å². The van der Waals surface area contributed by atoms with Gasteiger partial charge >= 0.3 is 6.09 Å². The Labute approximate surface area is 148 Å². The normalized spacial score (nSPS) is 14.8. The zero-order valence-electron chi connectivity index (χ0n) is 14.7. The minimum atomic E-state index is -0.274. The summed E-state index contributed by atoms with van der Waals surface area (Å²) in [6, 6.07) is 7.42. The summed E-state index contributed by atoms with van der Waals surface area (Å²) < 4.78 is 10.6. The van der Waals surface area contributed by atoms with E-state index in [1.807, 2.05) is 18.2 Å². The molecule has 138 valence electrons. The summed E-state index contributed by atoms with van der Waals surface area (Å²) in [6.45, 7) is 3.84. The Morgan fingerprint density at radius 3 is 2.68 bits per heavy atom. The van der Waals surface area contributed by atoms with Gasteiger partial charge in [-0.3, -0.25) is 4.79 Å². The van der Waals surface area contributed by atoms with E-state index in [2.05, 4.69) is 5.32 Å². The number of carbonyl (C=O) groups excluding carboxylic acids is 2. The number of rotatable bonds is 7. The minimum Gasteiger partial charge on any atom is -0.491 e. The van der Waals surface area contributed by atoms with E-state index in [4.69, 9.17) is 15.2 Å². The van der Waals surface area contributed by atoms with Gasteiger partial charge in [-0.05, 0) is 38.3 Å². The lowest BCUT2D eigenvalue weighted by molar-refractivity contribution is -0.122. The Morgan fingerprint density at radius 2 is 2.00 bits per heavy atom. The summed E-state index contributed by atoms with van der Waals surface area (Å²) in [5.74, 6) is 0.661. The van der Waals surface area contributed by atoms with Crippen LogP contribution < -0.4 is 15.8 Å². The molecule has 0 aromatic heterocycles. The van der Waals surface area contributed by atoms with Gasteiger partial charge in [-0.1, -0.05) is 12.1 Å². The summed E-state index contributed by atoms with van der Waals surface area (Å²) in [6.07, 6.45) is 2.26. The second kappa shape index (κ2) is 9.76. The van der Waals surface area contributed by atoms with Gasteiger partial charge in [-0.25, -0.2) is 4.79 Å². The van der Waals surface area contributed by atoms with E-state index in [0.717, 1.165) is 12.8 Å². The molecule has 25 heavy (non-hydrogen) atoms. The maximum atomic E-state index is 12.0. The average molecular weight is 349 g/mol. The number of hydrogen-bond donors (Lipinski definition) is 2. The maximum Gasteiger partial charge on any atom is 0.409 e. The lowest BCUT2D eigenvalue weighted by Crippen LogP contribution is -2.46. The minimum absolute atomic E-state index is 0.0132. The van der Waals surface area contributed by atoms with E-state index in [9.17, 15) is 9.59 Å². The van der Waals surface area contributed by atoms with Crippen molar-refractivity contribution in [2.75, 3.05) is 32.0 Å². The van der Waals surface area contributed by atoms with Crippen molar-refractivity contribution >= 4 is 17.7 Å². The Hall–Kier alpha value is -2.44. The van der Waals surface area contributed by atoms with Gasteiger partial charge in [0.15, 0.2) is 0 Å². The van der Waals surface area contributed by atoms with Crippen LogP contribution in [0.15, 0.2) is 24.3 Å². The molecule has 0 spiro atoms. The average Bonchev–Trinajstić information content (AvgIpc) is 2.61. The van der Waals surface area contributed by atoms with Crippen molar-refractivity contribution in [1.29, 1.82) is 0 Å². The highest BCUT2D eigenvalue weighted by atomic mass is 16.6. The summed E-state index contributed by atoms with van der Waals surface area (Å²) in [5.41, 5.74) is 6.39. The second-order valence-electron chi connectivity index (χ2n) is 6.02. The van der Waals surface area contributed by atoms with Gasteiger partial charge in [0.2, 0.25) is 5.91 Å². The van der Waals surface area contributed by atoms with E-state index >= 15 is 0 Å². The van der Waals surface area contributed by atoms with Crippen LogP contribution in [-0.4, -0.2) is 49.2 Å². The zero-order chi connectivity index (χ0) is 18.1. The molecule has 2 rings (SSSR count). The molecule has 1 aliphatic heterocycles. The standard InChI is InChI=1S/C18H27N3O4/c1-2-24-18(23)21-11-9-14(10-12-21)20-17(22)8-5-13-25-16-7-4-3-6-15(16)19/h3-4,6-7,14H,2,5,8-13,19H2,1H3,(H,20,22). The summed E-state index contributed by atoms with van der Waals surface area (Å²) in [7, 11) is 0. The fraction of sp³-hybridized carbons (Fsp3) is 0.556.